The quantitative estimate of drug-likeness (QED) is 0.550. The number of rotatable bonds is 2. The summed E-state index contributed by atoms with van der Waals surface area (Å²) in [4.78, 5) is 11.1. The van der Waals surface area contributed by atoms with Gasteiger partial charge in [0.2, 0.25) is 0 Å². The molecule has 1 unspecified atom stereocenters. The summed E-state index contributed by atoms with van der Waals surface area (Å²) in [6.07, 6.45) is 0. The summed E-state index contributed by atoms with van der Waals surface area (Å²) < 4.78 is 37.2. The molecule has 0 aliphatic carbocycles. The largest absolute Gasteiger partial charge is 0.293 e. The summed E-state index contributed by atoms with van der Waals surface area (Å²) in [7, 11) is 0. The molecule has 58 valence electrons. The summed E-state index contributed by atoms with van der Waals surface area (Å²) in [5.74, 6) is -0.517. The molecular weight excluding hydrogens is 204 g/mol. The van der Waals surface area contributed by atoms with Crippen molar-refractivity contribution in [3.63, 3.8) is 0 Å². The summed E-state index contributed by atoms with van der Waals surface area (Å²) >= 11 is 3.03. The van der Waals surface area contributed by atoms with Crippen LogP contribution in [0.25, 0.3) is 0 Å². The van der Waals surface area contributed by atoms with Gasteiger partial charge in [0.05, 0.1) is 11.7 Å². The fourth-order valence-corrected chi connectivity index (χ4v) is 0.801. The van der Waals surface area contributed by atoms with Gasteiger partial charge in [0, 0.05) is 5.56 Å². The van der Waals surface area contributed by atoms with Crippen LogP contribution < -0.4 is 0 Å². The number of hydrogen-bond donors (Lipinski definition) is 0. The van der Waals surface area contributed by atoms with E-state index in [4.69, 9.17) is 6.85 Å². The number of hydrogen-bond acceptors (Lipinski definition) is 1. The van der Waals surface area contributed by atoms with Crippen LogP contribution in [0.1, 0.15) is 24.1 Å². The fraction of sp³-hybridized carbons (Fsp3) is 0.222. The average molecular weight is 218 g/mol. The topological polar surface area (TPSA) is 17.1 Å². The van der Waals surface area contributed by atoms with Crippen LogP contribution in [0.5, 0.6) is 0 Å². The van der Waals surface area contributed by atoms with Gasteiger partial charge in [0.25, 0.3) is 0 Å². The molecule has 2 heteroatoms. The maximum absolute atomic E-state index is 11.7. The SMILES string of the molecule is [2H]c1c([2H])c([2H])c(C(=O)C(C)Br)c([2H])c1[2H]. The minimum atomic E-state index is -0.587. The van der Waals surface area contributed by atoms with Crippen molar-refractivity contribution >= 4 is 21.7 Å². The van der Waals surface area contributed by atoms with Crippen LogP contribution in [0.2, 0.25) is 0 Å². The van der Waals surface area contributed by atoms with Gasteiger partial charge in [-0.1, -0.05) is 46.1 Å². The Morgan fingerprint density at radius 3 is 2.55 bits per heavy atom. The Balaban J connectivity index is 3.58. The number of Topliss-reactive ketones (excluding diaryl/α,β-unsaturated/α-hetero) is 1. The van der Waals surface area contributed by atoms with Crippen LogP contribution in [0.3, 0.4) is 0 Å². The monoisotopic (exact) mass is 217 g/mol. The first kappa shape index (κ1) is 3.85. The van der Waals surface area contributed by atoms with Crippen LogP contribution in [-0.4, -0.2) is 10.6 Å². The van der Waals surface area contributed by atoms with E-state index in [1.54, 1.807) is 6.92 Å². The molecule has 0 bridgehead atoms. The van der Waals surface area contributed by atoms with E-state index < -0.39 is 40.8 Å². The fourth-order valence-electron chi connectivity index (χ4n) is 0.572. The zero-order valence-corrected chi connectivity index (χ0v) is 7.45. The second kappa shape index (κ2) is 3.67. The highest BCUT2D eigenvalue weighted by Crippen LogP contribution is 2.08. The Labute approximate surface area is 81.6 Å². The first-order chi connectivity index (χ1) is 7.29. The highest BCUT2D eigenvalue weighted by molar-refractivity contribution is 9.10. The second-order valence-electron chi connectivity index (χ2n) is 1.98. The molecule has 1 atom stereocenters. The van der Waals surface area contributed by atoms with Gasteiger partial charge < -0.3 is 0 Å². The van der Waals surface area contributed by atoms with Gasteiger partial charge in [-0.15, -0.1) is 0 Å². The maximum atomic E-state index is 11.7. The van der Waals surface area contributed by atoms with Crippen molar-refractivity contribution in [3.05, 3.63) is 35.8 Å². The van der Waals surface area contributed by atoms with Crippen LogP contribution in [-0.2, 0) is 0 Å². The van der Waals surface area contributed by atoms with Gasteiger partial charge in [-0.2, -0.15) is 0 Å². The number of carbonyl (C=O) groups is 1. The molecule has 0 aliphatic rings. The zero-order chi connectivity index (χ0) is 12.6. The molecule has 0 fully saturated rings. The lowest BCUT2D eigenvalue weighted by molar-refractivity contribution is 0.0996. The summed E-state index contributed by atoms with van der Waals surface area (Å²) in [5, 5.41) is 0. The zero-order valence-electron chi connectivity index (χ0n) is 10.9. The maximum Gasteiger partial charge on any atom is 0.176 e. The Kier molecular flexibility index (Phi) is 1.29. The number of carbonyl (C=O) groups excluding carboxylic acids is 1. The summed E-state index contributed by atoms with van der Waals surface area (Å²) in [5.41, 5.74) is -0.268. The molecule has 1 nitrogen and oxygen atoms in total. The molecule has 1 rings (SSSR count). The van der Waals surface area contributed by atoms with Crippen molar-refractivity contribution in [2.45, 2.75) is 11.8 Å². The normalized spacial score (nSPS) is 18.9. The third kappa shape index (κ3) is 2.15. The lowest BCUT2D eigenvalue weighted by atomic mass is 10.1. The number of halogens is 1. The molecule has 0 saturated heterocycles. The molecule has 0 N–H and O–H groups in total. The first-order valence-corrected chi connectivity index (χ1v) is 3.95. The number of alkyl halides is 1. The van der Waals surface area contributed by atoms with Crippen molar-refractivity contribution in [1.82, 2.24) is 0 Å². The third-order valence-electron chi connectivity index (χ3n) is 1.11. The van der Waals surface area contributed by atoms with Gasteiger partial charge in [-0.05, 0) is 6.92 Å². The molecule has 11 heavy (non-hydrogen) atoms. The van der Waals surface area contributed by atoms with Gasteiger partial charge in [0.1, 0.15) is 0 Å². The van der Waals surface area contributed by atoms with E-state index in [0.29, 0.717) is 0 Å². The smallest absolute Gasteiger partial charge is 0.176 e. The van der Waals surface area contributed by atoms with E-state index in [2.05, 4.69) is 15.9 Å². The van der Waals surface area contributed by atoms with E-state index in [1.807, 2.05) is 0 Å². The van der Waals surface area contributed by atoms with Crippen LogP contribution in [0.4, 0.5) is 0 Å². The standard InChI is InChI=1S/C9H9BrO/c1-7(10)9(11)8-5-3-2-4-6-8/h2-7H,1H3/i2D,3D,4D,5D,6D. The highest BCUT2D eigenvalue weighted by Gasteiger charge is 2.09. The predicted octanol–water partition coefficient (Wildman–Crippen LogP) is 2.65. The molecule has 0 aromatic heterocycles. The Hall–Kier alpha value is -0.630. The highest BCUT2D eigenvalue weighted by atomic mass is 79.9. The van der Waals surface area contributed by atoms with Crippen molar-refractivity contribution in [2.24, 2.45) is 0 Å². The van der Waals surface area contributed by atoms with Gasteiger partial charge in [0.15, 0.2) is 5.78 Å². The molecule has 1 aromatic carbocycles. The second-order valence-corrected chi connectivity index (χ2v) is 3.35. The molecule has 0 amide bonds. The minimum Gasteiger partial charge on any atom is -0.293 e. The Bertz CT molecular complexity index is 429. The van der Waals surface area contributed by atoms with Crippen molar-refractivity contribution in [3.8, 4) is 0 Å². The number of ketones is 1. The van der Waals surface area contributed by atoms with E-state index in [0.717, 1.165) is 0 Å². The minimum absolute atomic E-state index is 0.268. The van der Waals surface area contributed by atoms with Gasteiger partial charge in [-0.3, -0.25) is 4.79 Å². The summed E-state index contributed by atoms with van der Waals surface area (Å²) in [6, 6.07) is -2.38. The molecule has 0 heterocycles. The third-order valence-corrected chi connectivity index (χ3v) is 1.52. The Morgan fingerprint density at radius 1 is 1.55 bits per heavy atom. The first-order valence-electron chi connectivity index (χ1n) is 5.54. The van der Waals surface area contributed by atoms with Gasteiger partial charge >= 0.3 is 0 Å². The van der Waals surface area contributed by atoms with E-state index in [-0.39, 0.29) is 5.56 Å². The molecule has 0 saturated carbocycles. The molecule has 0 radical (unpaired) electrons. The van der Waals surface area contributed by atoms with Crippen molar-refractivity contribution in [1.29, 1.82) is 0 Å². The number of benzene rings is 1. The lowest BCUT2D eigenvalue weighted by Gasteiger charge is -2.00. The molecule has 0 spiro atoms. The van der Waals surface area contributed by atoms with Crippen molar-refractivity contribution < 1.29 is 11.6 Å². The molecule has 0 aliphatic heterocycles. The van der Waals surface area contributed by atoms with Gasteiger partial charge in [-0.25, -0.2) is 0 Å². The van der Waals surface area contributed by atoms with E-state index in [9.17, 15) is 4.79 Å². The predicted molar refractivity (Wildman–Crippen MR) is 49.2 cm³/mol. The van der Waals surface area contributed by atoms with E-state index >= 15 is 0 Å². The Morgan fingerprint density at radius 2 is 2.09 bits per heavy atom. The lowest BCUT2D eigenvalue weighted by Crippen LogP contribution is -2.09. The van der Waals surface area contributed by atoms with Crippen LogP contribution >= 0.6 is 15.9 Å². The van der Waals surface area contributed by atoms with E-state index in [1.165, 1.54) is 0 Å². The van der Waals surface area contributed by atoms with Crippen LogP contribution in [0.15, 0.2) is 30.2 Å². The molecular formula is C9H9BrO. The van der Waals surface area contributed by atoms with Crippen molar-refractivity contribution in [2.75, 3.05) is 0 Å². The summed E-state index contributed by atoms with van der Waals surface area (Å²) in [6.45, 7) is 1.54. The van der Waals surface area contributed by atoms with Crippen LogP contribution in [0, 0.1) is 0 Å². The molecule has 1 aromatic rings. The average Bonchev–Trinajstić information content (AvgIpc) is 2.23.